The molecule has 0 radical (unpaired) electrons. The molecule has 0 saturated carbocycles. The average Bonchev–Trinajstić information content (AvgIpc) is 2.47. The summed E-state index contributed by atoms with van der Waals surface area (Å²) in [7, 11) is 0. The van der Waals surface area contributed by atoms with Crippen LogP contribution in [-0.2, 0) is 4.79 Å². The minimum absolute atomic E-state index is 0.0837. The Morgan fingerprint density at radius 2 is 1.76 bits per heavy atom. The van der Waals surface area contributed by atoms with Crippen LogP contribution in [0.5, 0.6) is 5.75 Å². The van der Waals surface area contributed by atoms with Crippen LogP contribution < -0.4 is 15.4 Å². The van der Waals surface area contributed by atoms with E-state index in [9.17, 15) is 4.79 Å². The highest BCUT2D eigenvalue weighted by molar-refractivity contribution is 7.80. The number of nitrogens with one attached hydrogen (secondary N) is 2. The lowest BCUT2D eigenvalue weighted by Gasteiger charge is -2.10. The largest absolute Gasteiger partial charge is 0.484 e. The van der Waals surface area contributed by atoms with Gasteiger partial charge in [0.25, 0.3) is 5.91 Å². The molecule has 4 nitrogen and oxygen atoms in total. The van der Waals surface area contributed by atoms with E-state index in [1.54, 1.807) is 0 Å². The minimum Gasteiger partial charge on any atom is -0.484 e. The second-order valence-electron chi connectivity index (χ2n) is 4.47. The fourth-order valence-corrected chi connectivity index (χ4v) is 1.86. The van der Waals surface area contributed by atoms with Crippen molar-refractivity contribution in [2.75, 3.05) is 11.9 Å². The Kier molecular flexibility index (Phi) is 5.29. The number of hydrogen-bond donors (Lipinski definition) is 2. The lowest BCUT2D eigenvalue weighted by atomic mass is 10.2. The second-order valence-corrected chi connectivity index (χ2v) is 4.88. The summed E-state index contributed by atoms with van der Waals surface area (Å²) in [5, 5.41) is 5.74. The van der Waals surface area contributed by atoms with E-state index < -0.39 is 0 Å². The second kappa shape index (κ2) is 7.40. The topological polar surface area (TPSA) is 50.4 Å². The van der Waals surface area contributed by atoms with E-state index in [-0.39, 0.29) is 17.6 Å². The van der Waals surface area contributed by atoms with Crippen molar-refractivity contribution in [2.24, 2.45) is 0 Å². The van der Waals surface area contributed by atoms with E-state index in [2.05, 4.69) is 10.6 Å². The number of aryl methyl sites for hydroxylation is 1. The van der Waals surface area contributed by atoms with Crippen molar-refractivity contribution in [3.05, 3.63) is 60.2 Å². The van der Waals surface area contributed by atoms with Gasteiger partial charge >= 0.3 is 0 Å². The van der Waals surface area contributed by atoms with E-state index in [1.807, 2.05) is 61.5 Å². The smallest absolute Gasteiger partial charge is 0.264 e. The third kappa shape index (κ3) is 5.24. The van der Waals surface area contributed by atoms with Gasteiger partial charge in [0, 0.05) is 5.69 Å². The number of benzene rings is 2. The number of amides is 1. The number of anilines is 1. The van der Waals surface area contributed by atoms with Crippen LogP contribution in [-0.4, -0.2) is 17.6 Å². The van der Waals surface area contributed by atoms with Gasteiger partial charge in [0.1, 0.15) is 5.75 Å². The molecule has 0 bridgehead atoms. The number of carbonyl (C=O) groups excluding carboxylic acids is 1. The van der Waals surface area contributed by atoms with Crippen molar-refractivity contribution in [1.29, 1.82) is 0 Å². The van der Waals surface area contributed by atoms with Gasteiger partial charge < -0.3 is 10.1 Å². The average molecular weight is 300 g/mol. The first-order chi connectivity index (χ1) is 10.1. The van der Waals surface area contributed by atoms with Gasteiger partial charge in [0.2, 0.25) is 0 Å². The third-order valence-corrected chi connectivity index (χ3v) is 2.88. The molecular weight excluding hydrogens is 284 g/mol. The van der Waals surface area contributed by atoms with E-state index in [1.165, 1.54) is 0 Å². The summed E-state index contributed by atoms with van der Waals surface area (Å²) < 4.78 is 5.37. The first kappa shape index (κ1) is 15.0. The van der Waals surface area contributed by atoms with Gasteiger partial charge in [0.15, 0.2) is 11.7 Å². The fourth-order valence-electron chi connectivity index (χ4n) is 1.63. The van der Waals surface area contributed by atoms with Gasteiger partial charge in [0.05, 0.1) is 0 Å². The maximum absolute atomic E-state index is 11.7. The van der Waals surface area contributed by atoms with Crippen molar-refractivity contribution >= 4 is 28.9 Å². The third-order valence-electron chi connectivity index (χ3n) is 2.68. The van der Waals surface area contributed by atoms with Crippen LogP contribution in [0.25, 0.3) is 0 Å². The Morgan fingerprint density at radius 3 is 2.43 bits per heavy atom. The quantitative estimate of drug-likeness (QED) is 0.853. The summed E-state index contributed by atoms with van der Waals surface area (Å²) in [5.41, 5.74) is 1.96. The molecule has 0 aliphatic rings. The molecule has 2 aromatic rings. The van der Waals surface area contributed by atoms with Crippen molar-refractivity contribution in [3.63, 3.8) is 0 Å². The lowest BCUT2D eigenvalue weighted by molar-refractivity contribution is -0.121. The summed E-state index contributed by atoms with van der Waals surface area (Å²) in [6.45, 7) is 1.91. The molecule has 21 heavy (non-hydrogen) atoms. The molecule has 5 heteroatoms. The molecule has 0 fully saturated rings. The lowest BCUT2D eigenvalue weighted by Crippen LogP contribution is -2.37. The molecule has 0 atom stereocenters. The van der Waals surface area contributed by atoms with Crippen LogP contribution >= 0.6 is 12.2 Å². The van der Waals surface area contributed by atoms with Gasteiger partial charge in [-0.2, -0.15) is 0 Å². The maximum atomic E-state index is 11.7. The zero-order valence-corrected chi connectivity index (χ0v) is 12.4. The van der Waals surface area contributed by atoms with E-state index >= 15 is 0 Å². The highest BCUT2D eigenvalue weighted by Crippen LogP contribution is 2.11. The van der Waals surface area contributed by atoms with Gasteiger partial charge in [-0.1, -0.05) is 35.9 Å². The highest BCUT2D eigenvalue weighted by atomic mass is 32.1. The van der Waals surface area contributed by atoms with E-state index in [0.29, 0.717) is 5.75 Å². The molecule has 0 aliphatic heterocycles. The van der Waals surface area contributed by atoms with Crippen LogP contribution in [0.2, 0.25) is 0 Å². The van der Waals surface area contributed by atoms with E-state index in [4.69, 9.17) is 17.0 Å². The molecule has 0 heterocycles. The Labute approximate surface area is 129 Å². The summed E-state index contributed by atoms with van der Waals surface area (Å²) in [6.07, 6.45) is 0. The molecule has 0 aromatic heterocycles. The van der Waals surface area contributed by atoms with Crippen LogP contribution in [0.1, 0.15) is 5.56 Å². The van der Waals surface area contributed by atoms with Crippen molar-refractivity contribution in [2.45, 2.75) is 6.92 Å². The SMILES string of the molecule is Cc1ccc(OCC(=O)NC(=S)Nc2ccccc2)cc1. The van der Waals surface area contributed by atoms with Crippen LogP contribution in [0.3, 0.4) is 0 Å². The van der Waals surface area contributed by atoms with Crippen LogP contribution in [0.4, 0.5) is 5.69 Å². The standard InChI is InChI=1S/C16H16N2O2S/c1-12-7-9-14(10-8-12)20-11-15(19)18-16(21)17-13-5-3-2-4-6-13/h2-10H,11H2,1H3,(H2,17,18,19,21). The van der Waals surface area contributed by atoms with E-state index in [0.717, 1.165) is 11.3 Å². The zero-order chi connectivity index (χ0) is 15.1. The fraction of sp³-hybridized carbons (Fsp3) is 0.125. The molecule has 2 N–H and O–H groups in total. The molecule has 2 rings (SSSR count). The first-order valence-corrected chi connectivity index (χ1v) is 6.89. The Balaban J connectivity index is 1.76. The molecule has 0 spiro atoms. The number of hydrogen-bond acceptors (Lipinski definition) is 3. The monoisotopic (exact) mass is 300 g/mol. The molecule has 1 amide bonds. The number of ether oxygens (including phenoxy) is 1. The van der Waals surface area contributed by atoms with Gasteiger partial charge in [-0.15, -0.1) is 0 Å². The Morgan fingerprint density at radius 1 is 1.10 bits per heavy atom. The van der Waals surface area contributed by atoms with Crippen molar-refractivity contribution in [3.8, 4) is 5.75 Å². The normalized spacial score (nSPS) is 9.76. The summed E-state index contributed by atoms with van der Waals surface area (Å²) in [4.78, 5) is 11.7. The molecular formula is C16H16N2O2S. The first-order valence-electron chi connectivity index (χ1n) is 6.49. The van der Waals surface area contributed by atoms with Crippen molar-refractivity contribution < 1.29 is 9.53 Å². The minimum atomic E-state index is -0.302. The Bertz CT molecular complexity index is 612. The zero-order valence-electron chi connectivity index (χ0n) is 11.6. The summed E-state index contributed by atoms with van der Waals surface area (Å²) in [6, 6.07) is 16.9. The number of carbonyl (C=O) groups is 1. The predicted molar refractivity (Wildman–Crippen MR) is 87.5 cm³/mol. The molecule has 0 saturated heterocycles. The molecule has 2 aromatic carbocycles. The summed E-state index contributed by atoms with van der Waals surface area (Å²) >= 11 is 5.06. The van der Waals surface area contributed by atoms with Crippen molar-refractivity contribution in [1.82, 2.24) is 5.32 Å². The van der Waals surface area contributed by atoms with Gasteiger partial charge in [-0.05, 0) is 43.4 Å². The molecule has 0 unspecified atom stereocenters. The summed E-state index contributed by atoms with van der Waals surface area (Å²) in [5.74, 6) is 0.349. The number of rotatable bonds is 4. The van der Waals surface area contributed by atoms with Crippen LogP contribution in [0.15, 0.2) is 54.6 Å². The Hall–Kier alpha value is -2.40. The van der Waals surface area contributed by atoms with Gasteiger partial charge in [-0.25, -0.2) is 0 Å². The number of thiocarbonyl (C=S) groups is 1. The molecule has 0 aliphatic carbocycles. The van der Waals surface area contributed by atoms with Crippen LogP contribution in [0, 0.1) is 6.92 Å². The maximum Gasteiger partial charge on any atom is 0.264 e. The van der Waals surface area contributed by atoms with Gasteiger partial charge in [-0.3, -0.25) is 10.1 Å². The predicted octanol–water partition coefficient (Wildman–Crippen LogP) is 2.89. The highest BCUT2D eigenvalue weighted by Gasteiger charge is 2.05. The number of para-hydroxylation sites is 1. The molecule has 108 valence electrons.